The summed E-state index contributed by atoms with van der Waals surface area (Å²) in [4.78, 5) is 36.0. The van der Waals surface area contributed by atoms with Crippen LogP contribution in [-0.2, 0) is 0 Å². The maximum Gasteiger partial charge on any atom is 0.343 e. The quantitative estimate of drug-likeness (QED) is 0.274. The van der Waals surface area contributed by atoms with Gasteiger partial charge in [-0.1, -0.05) is 42.0 Å². The van der Waals surface area contributed by atoms with Crippen LogP contribution in [0, 0.1) is 17.0 Å². The lowest BCUT2D eigenvalue weighted by Crippen LogP contribution is -2.16. The molecule has 0 spiro atoms. The minimum atomic E-state index is -0.819. The number of non-ortho nitro benzene ring substituents is 1. The number of benzene rings is 3. The first-order valence-corrected chi connectivity index (χ1v) is 9.03. The van der Waals surface area contributed by atoms with E-state index in [0.29, 0.717) is 11.1 Å². The van der Waals surface area contributed by atoms with Crippen molar-refractivity contribution in [2.45, 2.75) is 6.92 Å². The van der Waals surface area contributed by atoms with E-state index in [1.807, 2.05) is 19.1 Å². The maximum atomic E-state index is 13.1. The number of hydrogen-bond acceptors (Lipinski definition) is 6. The molecule has 1 heterocycles. The summed E-state index contributed by atoms with van der Waals surface area (Å²) in [6.07, 6.45) is 0. The highest BCUT2D eigenvalue weighted by atomic mass is 16.6. The SMILES string of the molecule is Cc1ccc(-c2oc3ccccc3c(=O)c2OC(=O)c2ccc([N+](=O)[O-])cc2)cc1. The van der Waals surface area contributed by atoms with Crippen molar-refractivity contribution in [3.63, 3.8) is 0 Å². The lowest BCUT2D eigenvalue weighted by molar-refractivity contribution is -0.384. The van der Waals surface area contributed by atoms with Crippen LogP contribution in [-0.4, -0.2) is 10.9 Å². The predicted molar refractivity (Wildman–Crippen MR) is 111 cm³/mol. The molecule has 4 rings (SSSR count). The molecule has 0 atom stereocenters. The van der Waals surface area contributed by atoms with Crippen LogP contribution in [0.15, 0.2) is 82.0 Å². The molecule has 148 valence electrons. The predicted octanol–water partition coefficient (Wildman–Crippen LogP) is 4.90. The van der Waals surface area contributed by atoms with E-state index in [0.717, 1.165) is 5.56 Å². The molecule has 0 radical (unpaired) electrons. The van der Waals surface area contributed by atoms with Crippen LogP contribution in [0.3, 0.4) is 0 Å². The summed E-state index contributed by atoms with van der Waals surface area (Å²) in [5.74, 6) is -0.921. The van der Waals surface area contributed by atoms with Gasteiger partial charge in [0.05, 0.1) is 15.9 Å². The standard InChI is InChI=1S/C23H15NO6/c1-14-6-8-15(9-7-14)21-22(20(25)18-4-2-3-5-19(18)29-21)30-23(26)16-10-12-17(13-11-16)24(27)28/h2-13H,1H3. The first-order valence-electron chi connectivity index (χ1n) is 9.03. The third kappa shape index (κ3) is 3.56. The number of fused-ring (bicyclic) bond motifs is 1. The number of rotatable bonds is 4. The molecule has 0 saturated heterocycles. The van der Waals surface area contributed by atoms with Crippen LogP contribution in [0.1, 0.15) is 15.9 Å². The zero-order valence-corrected chi connectivity index (χ0v) is 15.8. The first kappa shape index (κ1) is 19.1. The third-order valence-corrected chi connectivity index (χ3v) is 4.58. The van der Waals surface area contributed by atoms with E-state index in [1.54, 1.807) is 36.4 Å². The molecule has 3 aromatic carbocycles. The zero-order chi connectivity index (χ0) is 21.3. The summed E-state index contributed by atoms with van der Waals surface area (Å²) in [6.45, 7) is 1.93. The van der Waals surface area contributed by atoms with E-state index in [-0.39, 0.29) is 28.1 Å². The molecule has 0 aliphatic carbocycles. The van der Waals surface area contributed by atoms with E-state index >= 15 is 0 Å². The Balaban J connectivity index is 1.82. The van der Waals surface area contributed by atoms with Crippen LogP contribution in [0.5, 0.6) is 5.75 Å². The lowest BCUT2D eigenvalue weighted by Gasteiger charge is -2.11. The molecule has 0 bridgehead atoms. The largest absolute Gasteiger partial charge is 0.452 e. The highest BCUT2D eigenvalue weighted by Gasteiger charge is 2.21. The van der Waals surface area contributed by atoms with Crippen molar-refractivity contribution in [3.05, 3.63) is 104 Å². The molecule has 0 amide bonds. The van der Waals surface area contributed by atoms with E-state index in [9.17, 15) is 19.7 Å². The van der Waals surface area contributed by atoms with E-state index in [2.05, 4.69) is 0 Å². The first-order chi connectivity index (χ1) is 14.4. The van der Waals surface area contributed by atoms with Crippen molar-refractivity contribution < 1.29 is 18.9 Å². The van der Waals surface area contributed by atoms with Crippen LogP contribution in [0.2, 0.25) is 0 Å². The number of hydrogen-bond donors (Lipinski definition) is 0. The molecule has 0 aliphatic heterocycles. The Labute approximate surface area is 170 Å². The third-order valence-electron chi connectivity index (χ3n) is 4.58. The van der Waals surface area contributed by atoms with E-state index in [4.69, 9.17) is 9.15 Å². The summed E-state index contributed by atoms with van der Waals surface area (Å²) in [5.41, 5.74) is 1.40. The van der Waals surface area contributed by atoms with Gasteiger partial charge in [-0.2, -0.15) is 0 Å². The van der Waals surface area contributed by atoms with Crippen LogP contribution >= 0.6 is 0 Å². The summed E-state index contributed by atoms with van der Waals surface area (Å²) in [5, 5.41) is 11.1. The minimum absolute atomic E-state index is 0.0722. The lowest BCUT2D eigenvalue weighted by atomic mass is 10.1. The fraction of sp³-hybridized carbons (Fsp3) is 0.0435. The number of nitro groups is 1. The normalized spacial score (nSPS) is 10.7. The minimum Gasteiger partial charge on any atom is -0.452 e. The van der Waals surface area contributed by atoms with Crippen molar-refractivity contribution in [3.8, 4) is 17.1 Å². The Morgan fingerprint density at radius 2 is 1.63 bits per heavy atom. The summed E-state index contributed by atoms with van der Waals surface area (Å²) in [6, 6.07) is 18.9. The number of para-hydroxylation sites is 1. The average molecular weight is 401 g/mol. The molecule has 7 nitrogen and oxygen atoms in total. The fourth-order valence-electron chi connectivity index (χ4n) is 2.98. The number of carbonyl (C=O) groups excluding carboxylic acids is 1. The number of nitrogens with zero attached hydrogens (tertiary/aromatic N) is 1. The highest BCUT2D eigenvalue weighted by molar-refractivity contribution is 5.93. The van der Waals surface area contributed by atoms with Gasteiger partial charge in [-0.3, -0.25) is 14.9 Å². The Morgan fingerprint density at radius 1 is 0.967 bits per heavy atom. The molecule has 0 N–H and O–H groups in total. The second-order valence-electron chi connectivity index (χ2n) is 6.65. The van der Waals surface area contributed by atoms with Gasteiger partial charge in [-0.15, -0.1) is 0 Å². The Bertz CT molecular complexity index is 1320. The molecule has 4 aromatic rings. The van der Waals surface area contributed by atoms with Gasteiger partial charge in [0.1, 0.15) is 5.58 Å². The molecule has 1 aromatic heterocycles. The molecule has 0 saturated carbocycles. The Kier molecular flexibility index (Phi) is 4.85. The Morgan fingerprint density at radius 3 is 2.30 bits per heavy atom. The van der Waals surface area contributed by atoms with Gasteiger partial charge in [-0.25, -0.2) is 4.79 Å². The summed E-state index contributed by atoms with van der Waals surface area (Å²) < 4.78 is 11.4. The number of esters is 1. The van der Waals surface area contributed by atoms with Crippen molar-refractivity contribution in [2.75, 3.05) is 0 Å². The molecule has 0 unspecified atom stereocenters. The average Bonchev–Trinajstić information content (AvgIpc) is 2.76. The van der Waals surface area contributed by atoms with Gasteiger partial charge in [0.2, 0.25) is 11.2 Å². The summed E-state index contributed by atoms with van der Waals surface area (Å²) >= 11 is 0. The maximum absolute atomic E-state index is 13.1. The Hall–Kier alpha value is -4.26. The molecular weight excluding hydrogens is 386 g/mol. The monoisotopic (exact) mass is 401 g/mol. The molecule has 30 heavy (non-hydrogen) atoms. The van der Waals surface area contributed by atoms with Crippen molar-refractivity contribution in [2.24, 2.45) is 0 Å². The number of carbonyl (C=O) groups is 1. The van der Waals surface area contributed by atoms with Crippen molar-refractivity contribution in [1.29, 1.82) is 0 Å². The number of ether oxygens (including phenoxy) is 1. The van der Waals surface area contributed by atoms with Gasteiger partial charge >= 0.3 is 5.97 Å². The topological polar surface area (TPSA) is 99.7 Å². The second-order valence-corrected chi connectivity index (χ2v) is 6.65. The number of aryl methyl sites for hydroxylation is 1. The van der Waals surface area contributed by atoms with Gasteiger partial charge in [0.25, 0.3) is 5.69 Å². The van der Waals surface area contributed by atoms with Gasteiger partial charge in [0, 0.05) is 17.7 Å². The molecular formula is C23H15NO6. The second kappa shape index (κ2) is 7.63. The van der Waals surface area contributed by atoms with E-state index in [1.165, 1.54) is 24.3 Å². The van der Waals surface area contributed by atoms with Crippen molar-refractivity contribution in [1.82, 2.24) is 0 Å². The van der Waals surface area contributed by atoms with Crippen LogP contribution in [0.4, 0.5) is 5.69 Å². The smallest absolute Gasteiger partial charge is 0.343 e. The van der Waals surface area contributed by atoms with Crippen LogP contribution in [0.25, 0.3) is 22.3 Å². The van der Waals surface area contributed by atoms with E-state index < -0.39 is 16.3 Å². The van der Waals surface area contributed by atoms with Gasteiger partial charge in [0.15, 0.2) is 5.76 Å². The zero-order valence-electron chi connectivity index (χ0n) is 15.8. The molecule has 0 aliphatic rings. The fourth-order valence-corrected chi connectivity index (χ4v) is 2.98. The van der Waals surface area contributed by atoms with Gasteiger partial charge in [-0.05, 0) is 31.2 Å². The van der Waals surface area contributed by atoms with Gasteiger partial charge < -0.3 is 9.15 Å². The summed E-state index contributed by atoms with van der Waals surface area (Å²) in [7, 11) is 0. The highest BCUT2D eigenvalue weighted by Crippen LogP contribution is 2.31. The molecule has 0 fully saturated rings. The number of nitro benzene ring substituents is 1. The molecule has 7 heteroatoms. The van der Waals surface area contributed by atoms with Crippen molar-refractivity contribution >= 4 is 22.6 Å². The van der Waals surface area contributed by atoms with Crippen LogP contribution < -0.4 is 10.2 Å².